The van der Waals surface area contributed by atoms with E-state index in [2.05, 4.69) is 6.92 Å². The Morgan fingerprint density at radius 3 is 1.67 bits per heavy atom. The van der Waals surface area contributed by atoms with Gasteiger partial charge in [0, 0.05) is 0 Å². The van der Waals surface area contributed by atoms with Crippen molar-refractivity contribution in [2.24, 2.45) is 11.3 Å². The first-order valence-electron chi connectivity index (χ1n) is 4.29. The van der Waals surface area contributed by atoms with E-state index in [4.69, 9.17) is 0 Å². The molecule has 3 aliphatic carbocycles. The molecule has 0 heterocycles. The molecule has 0 unspecified atom stereocenters. The molecule has 0 saturated heterocycles. The van der Waals surface area contributed by atoms with Gasteiger partial charge in [-0.3, -0.25) is 0 Å². The fourth-order valence-electron chi connectivity index (χ4n) is 2.47. The summed E-state index contributed by atoms with van der Waals surface area (Å²) in [5.41, 5.74) is 0.786. The van der Waals surface area contributed by atoms with Crippen LogP contribution in [0, 0.1) is 11.3 Å². The zero-order valence-electron chi connectivity index (χ0n) is 6.32. The second-order valence-electron chi connectivity index (χ2n) is 4.29. The van der Waals surface area contributed by atoms with Crippen LogP contribution in [0.15, 0.2) is 0 Å². The lowest BCUT2D eigenvalue weighted by Gasteiger charge is -2.44. The third kappa shape index (κ3) is 0.889. The zero-order valence-corrected chi connectivity index (χ0v) is 6.32. The fourth-order valence-corrected chi connectivity index (χ4v) is 2.47. The van der Waals surface area contributed by atoms with Gasteiger partial charge in [0.2, 0.25) is 0 Å². The summed E-state index contributed by atoms with van der Waals surface area (Å²) < 4.78 is 0. The van der Waals surface area contributed by atoms with Gasteiger partial charge in [0.1, 0.15) is 0 Å². The summed E-state index contributed by atoms with van der Waals surface area (Å²) in [5.74, 6) is 1.13. The average molecular weight is 124 g/mol. The Hall–Kier alpha value is 0. The first kappa shape index (κ1) is 5.76. The molecule has 0 aromatic rings. The molecule has 0 heteroatoms. The Morgan fingerprint density at radius 2 is 1.44 bits per heavy atom. The van der Waals surface area contributed by atoms with Crippen LogP contribution in [0.4, 0.5) is 0 Å². The first-order chi connectivity index (χ1) is 4.29. The van der Waals surface area contributed by atoms with Gasteiger partial charge in [0.25, 0.3) is 0 Å². The molecule has 0 amide bonds. The summed E-state index contributed by atoms with van der Waals surface area (Å²) in [7, 11) is 0. The van der Waals surface area contributed by atoms with Crippen molar-refractivity contribution in [3.8, 4) is 0 Å². The highest BCUT2D eigenvalue weighted by Gasteiger charge is 2.36. The summed E-state index contributed by atoms with van der Waals surface area (Å²) in [4.78, 5) is 0. The standard InChI is InChI=1S/C9H16/c1-9-5-2-8(3-6-9)4-7-9/h8H,2-7H2,1H3. The van der Waals surface area contributed by atoms with E-state index in [1.165, 1.54) is 38.5 Å². The highest BCUT2D eigenvalue weighted by molar-refractivity contribution is 4.88. The second kappa shape index (κ2) is 1.74. The maximum Gasteiger partial charge on any atom is -0.0326 e. The van der Waals surface area contributed by atoms with Crippen LogP contribution in [-0.2, 0) is 0 Å². The van der Waals surface area contributed by atoms with E-state index < -0.39 is 0 Å². The maximum atomic E-state index is 2.47. The normalized spacial score (nSPS) is 49.7. The predicted octanol–water partition coefficient (Wildman–Crippen LogP) is 2.98. The van der Waals surface area contributed by atoms with Crippen LogP contribution >= 0.6 is 0 Å². The Bertz CT molecular complexity index is 93.4. The van der Waals surface area contributed by atoms with E-state index in [0.717, 1.165) is 11.3 Å². The van der Waals surface area contributed by atoms with Crippen molar-refractivity contribution in [1.82, 2.24) is 0 Å². The molecule has 0 nitrogen and oxygen atoms in total. The molecule has 0 aromatic carbocycles. The Morgan fingerprint density at radius 1 is 1.00 bits per heavy atom. The third-order valence-corrected chi connectivity index (χ3v) is 3.47. The van der Waals surface area contributed by atoms with Gasteiger partial charge in [-0.2, -0.15) is 0 Å². The molecule has 52 valence electrons. The Kier molecular flexibility index (Phi) is 1.12. The van der Waals surface area contributed by atoms with Gasteiger partial charge in [-0.15, -0.1) is 0 Å². The summed E-state index contributed by atoms with van der Waals surface area (Å²) >= 11 is 0. The minimum absolute atomic E-state index is 0.786. The van der Waals surface area contributed by atoms with E-state index >= 15 is 0 Å². The number of hydrogen-bond acceptors (Lipinski definition) is 0. The number of hydrogen-bond donors (Lipinski definition) is 0. The SMILES string of the molecule is CC12CCC(CC1)CC2. The van der Waals surface area contributed by atoms with Crippen molar-refractivity contribution >= 4 is 0 Å². The zero-order chi connectivity index (χ0) is 6.32. The summed E-state index contributed by atoms with van der Waals surface area (Å²) in [6, 6.07) is 0. The first-order valence-corrected chi connectivity index (χ1v) is 4.29. The lowest BCUT2D eigenvalue weighted by atomic mass is 9.62. The van der Waals surface area contributed by atoms with Crippen molar-refractivity contribution in [3.63, 3.8) is 0 Å². The van der Waals surface area contributed by atoms with Crippen molar-refractivity contribution < 1.29 is 0 Å². The molecule has 9 heavy (non-hydrogen) atoms. The minimum atomic E-state index is 0.786. The number of rotatable bonds is 0. The fraction of sp³-hybridized carbons (Fsp3) is 1.00. The quantitative estimate of drug-likeness (QED) is 0.465. The molecule has 0 radical (unpaired) electrons. The smallest absolute Gasteiger partial charge is 0.0326 e. The van der Waals surface area contributed by atoms with Crippen molar-refractivity contribution in [1.29, 1.82) is 0 Å². The molecule has 0 aliphatic heterocycles. The van der Waals surface area contributed by atoms with Crippen LogP contribution < -0.4 is 0 Å². The molecule has 0 aromatic heterocycles. The Balaban J connectivity index is 2.11. The maximum absolute atomic E-state index is 2.47. The summed E-state index contributed by atoms with van der Waals surface area (Å²) in [6.45, 7) is 2.47. The van der Waals surface area contributed by atoms with Gasteiger partial charge in [-0.1, -0.05) is 6.92 Å². The van der Waals surface area contributed by atoms with Crippen LogP contribution in [0.5, 0.6) is 0 Å². The van der Waals surface area contributed by atoms with Gasteiger partial charge in [0.05, 0.1) is 0 Å². The van der Waals surface area contributed by atoms with Crippen LogP contribution in [0.1, 0.15) is 45.4 Å². The average Bonchev–Trinajstić information content (AvgIpc) is 1.90. The molecular formula is C9H16. The van der Waals surface area contributed by atoms with E-state index in [9.17, 15) is 0 Å². The monoisotopic (exact) mass is 124 g/mol. The highest BCUT2D eigenvalue weighted by atomic mass is 14.4. The number of fused-ring (bicyclic) bond motifs is 3. The third-order valence-electron chi connectivity index (χ3n) is 3.47. The van der Waals surface area contributed by atoms with Crippen LogP contribution in [0.3, 0.4) is 0 Å². The van der Waals surface area contributed by atoms with E-state index in [0.29, 0.717) is 0 Å². The van der Waals surface area contributed by atoms with E-state index in [-0.39, 0.29) is 0 Å². The highest BCUT2D eigenvalue weighted by Crippen LogP contribution is 2.49. The molecule has 3 rings (SSSR count). The van der Waals surface area contributed by atoms with Gasteiger partial charge in [-0.05, 0) is 49.9 Å². The lowest BCUT2D eigenvalue weighted by Crippen LogP contribution is -2.30. The topological polar surface area (TPSA) is 0 Å². The van der Waals surface area contributed by atoms with Crippen molar-refractivity contribution in [3.05, 3.63) is 0 Å². The van der Waals surface area contributed by atoms with Gasteiger partial charge < -0.3 is 0 Å². The van der Waals surface area contributed by atoms with Crippen LogP contribution in [0.2, 0.25) is 0 Å². The summed E-state index contributed by atoms with van der Waals surface area (Å²) in [5, 5.41) is 0. The molecule has 2 bridgehead atoms. The van der Waals surface area contributed by atoms with Gasteiger partial charge in [-0.25, -0.2) is 0 Å². The predicted molar refractivity (Wildman–Crippen MR) is 39.3 cm³/mol. The van der Waals surface area contributed by atoms with Crippen molar-refractivity contribution in [2.45, 2.75) is 45.4 Å². The Labute approximate surface area is 57.6 Å². The lowest BCUT2D eigenvalue weighted by molar-refractivity contribution is 0.0833. The van der Waals surface area contributed by atoms with Crippen molar-refractivity contribution in [2.75, 3.05) is 0 Å². The van der Waals surface area contributed by atoms with Gasteiger partial charge >= 0.3 is 0 Å². The summed E-state index contributed by atoms with van der Waals surface area (Å²) in [6.07, 6.45) is 9.19. The van der Waals surface area contributed by atoms with E-state index in [1.54, 1.807) is 0 Å². The molecule has 0 N–H and O–H groups in total. The molecule has 0 spiro atoms. The largest absolute Gasteiger partial charge is 0.0596 e. The minimum Gasteiger partial charge on any atom is -0.0596 e. The molecule has 3 saturated carbocycles. The second-order valence-corrected chi connectivity index (χ2v) is 4.29. The molecule has 3 aliphatic rings. The van der Waals surface area contributed by atoms with Crippen LogP contribution in [0.25, 0.3) is 0 Å². The van der Waals surface area contributed by atoms with Crippen LogP contribution in [-0.4, -0.2) is 0 Å². The van der Waals surface area contributed by atoms with Gasteiger partial charge in [0.15, 0.2) is 0 Å². The van der Waals surface area contributed by atoms with E-state index in [1.807, 2.05) is 0 Å². The molecule has 3 fully saturated rings. The molecular weight excluding hydrogens is 108 g/mol. The molecule has 0 atom stereocenters.